The van der Waals surface area contributed by atoms with Crippen LogP contribution < -0.4 is 0 Å². The van der Waals surface area contributed by atoms with Gasteiger partial charge in [-0.3, -0.25) is 4.79 Å². The minimum Gasteiger partial charge on any atom is -0.479 e. The van der Waals surface area contributed by atoms with Crippen LogP contribution in [0.15, 0.2) is 30.3 Å². The van der Waals surface area contributed by atoms with Gasteiger partial charge in [0.05, 0.1) is 5.69 Å². The second-order valence-corrected chi connectivity index (χ2v) is 4.84. The fourth-order valence-electron chi connectivity index (χ4n) is 2.04. The summed E-state index contributed by atoms with van der Waals surface area (Å²) in [7, 11) is 0. The summed E-state index contributed by atoms with van der Waals surface area (Å²) in [6.07, 6.45) is -8.76. The molecule has 0 aliphatic rings. The number of rotatable bonds is 6. The lowest BCUT2D eigenvalue weighted by Gasteiger charge is -2.23. The van der Waals surface area contributed by atoms with Gasteiger partial charge in [0.1, 0.15) is 18.3 Å². The zero-order chi connectivity index (χ0) is 16.4. The first kappa shape index (κ1) is 16.1. The van der Waals surface area contributed by atoms with E-state index in [2.05, 4.69) is 4.98 Å². The molecular formula is C14H15NO7. The van der Waals surface area contributed by atoms with Crippen LogP contribution in [0.1, 0.15) is 10.5 Å². The van der Waals surface area contributed by atoms with Crippen molar-refractivity contribution in [3.05, 3.63) is 36.0 Å². The molecule has 6 N–H and O–H groups in total. The molecule has 118 valence electrons. The second-order valence-electron chi connectivity index (χ2n) is 4.84. The van der Waals surface area contributed by atoms with Crippen LogP contribution in [0.25, 0.3) is 10.9 Å². The lowest BCUT2D eigenvalue weighted by molar-refractivity contribution is -0.161. The molecule has 0 aliphatic carbocycles. The van der Waals surface area contributed by atoms with Gasteiger partial charge in [-0.2, -0.15) is 0 Å². The summed E-state index contributed by atoms with van der Waals surface area (Å²) in [5.74, 6) is -2.71. The molecule has 0 radical (unpaired) electrons. The Hall–Kier alpha value is -2.26. The molecule has 4 atom stereocenters. The van der Waals surface area contributed by atoms with Crippen molar-refractivity contribution in [1.29, 1.82) is 0 Å². The highest BCUT2D eigenvalue weighted by molar-refractivity contribution is 6.02. The molecule has 0 amide bonds. The molecule has 8 nitrogen and oxygen atoms in total. The van der Waals surface area contributed by atoms with E-state index in [1.165, 1.54) is 6.07 Å². The van der Waals surface area contributed by atoms with Crippen molar-refractivity contribution in [1.82, 2.24) is 4.98 Å². The highest BCUT2D eigenvalue weighted by Crippen LogP contribution is 2.17. The molecule has 0 bridgehead atoms. The molecule has 2 aromatic rings. The number of aromatic amines is 1. The summed E-state index contributed by atoms with van der Waals surface area (Å²) in [4.78, 5) is 25.3. The van der Waals surface area contributed by atoms with Crippen molar-refractivity contribution < 1.29 is 35.1 Å². The second kappa shape index (κ2) is 6.24. The molecule has 0 saturated carbocycles. The Morgan fingerprint density at radius 3 is 2.14 bits per heavy atom. The number of carboxylic acids is 1. The Morgan fingerprint density at radius 2 is 1.55 bits per heavy atom. The van der Waals surface area contributed by atoms with Crippen LogP contribution in [0, 0.1) is 0 Å². The fourth-order valence-corrected chi connectivity index (χ4v) is 2.04. The summed E-state index contributed by atoms with van der Waals surface area (Å²) in [6, 6.07) is 8.38. The molecule has 1 heterocycles. The molecule has 22 heavy (non-hydrogen) atoms. The molecule has 8 heteroatoms. The number of H-pyrrole nitrogens is 1. The average molecular weight is 309 g/mol. The number of carbonyl (C=O) groups is 2. The van der Waals surface area contributed by atoms with E-state index < -0.39 is 36.2 Å². The Bertz CT molecular complexity index is 662. The number of Topliss-reactive ketones (excluding diaryl/α,β-unsaturated/α-hetero) is 1. The standard InChI is InChI=1S/C14H15NO7/c16-9(8-5-6-3-1-2-4-7(6)15-8)10(17)11(18)12(19)13(20)14(21)22/h1-5,10-13,15,17-20H,(H,21,22)/t10-,11+,12-,13-/m0/s1. The number of benzene rings is 1. The maximum atomic E-state index is 12.1. The number of ketones is 1. The molecule has 0 unspecified atom stereocenters. The lowest BCUT2D eigenvalue weighted by atomic mass is 9.99. The topological polar surface area (TPSA) is 151 Å². The van der Waals surface area contributed by atoms with Gasteiger partial charge >= 0.3 is 5.97 Å². The van der Waals surface area contributed by atoms with Crippen LogP contribution in [0.2, 0.25) is 0 Å². The van der Waals surface area contributed by atoms with Crippen molar-refractivity contribution in [2.24, 2.45) is 0 Å². The number of fused-ring (bicyclic) bond motifs is 1. The first-order valence-electron chi connectivity index (χ1n) is 6.40. The summed E-state index contributed by atoms with van der Waals surface area (Å²) < 4.78 is 0. The van der Waals surface area contributed by atoms with Gasteiger partial charge in [0.15, 0.2) is 6.10 Å². The van der Waals surface area contributed by atoms with Gasteiger partial charge in [-0.15, -0.1) is 0 Å². The van der Waals surface area contributed by atoms with Crippen LogP contribution in [-0.4, -0.2) is 66.7 Å². The third-order valence-electron chi connectivity index (χ3n) is 3.31. The van der Waals surface area contributed by atoms with E-state index in [1.54, 1.807) is 24.3 Å². The fraction of sp³-hybridized carbons (Fsp3) is 0.286. The predicted molar refractivity (Wildman–Crippen MR) is 74.3 cm³/mol. The minimum absolute atomic E-state index is 0.00948. The van der Waals surface area contributed by atoms with Crippen molar-refractivity contribution in [3.63, 3.8) is 0 Å². The average Bonchev–Trinajstić information content (AvgIpc) is 2.95. The van der Waals surface area contributed by atoms with Crippen LogP contribution >= 0.6 is 0 Å². The van der Waals surface area contributed by atoms with E-state index in [0.717, 1.165) is 0 Å². The maximum Gasteiger partial charge on any atom is 0.335 e. The number of hydrogen-bond acceptors (Lipinski definition) is 6. The predicted octanol–water partition coefficient (Wildman–Crippen LogP) is -1.12. The normalized spacial score (nSPS) is 16.9. The molecule has 0 aliphatic heterocycles. The van der Waals surface area contributed by atoms with Crippen LogP contribution in [0.5, 0.6) is 0 Å². The van der Waals surface area contributed by atoms with Gasteiger partial charge in [-0.05, 0) is 12.1 Å². The molecule has 0 saturated heterocycles. The number of nitrogens with one attached hydrogen (secondary N) is 1. The quantitative estimate of drug-likeness (QED) is 0.370. The Kier molecular flexibility index (Phi) is 4.57. The number of carboxylic acid groups (broad SMARTS) is 1. The highest BCUT2D eigenvalue weighted by Gasteiger charge is 2.38. The Balaban J connectivity index is 2.19. The SMILES string of the molecule is O=C(O)[C@@H](O)[C@@H](O)[C@H](O)[C@@H](O)C(=O)c1cc2ccccc2[nH]1. The molecule has 1 aromatic heterocycles. The minimum atomic E-state index is -2.32. The largest absolute Gasteiger partial charge is 0.479 e. The van der Waals surface area contributed by atoms with Gasteiger partial charge in [0.25, 0.3) is 0 Å². The molecular weight excluding hydrogens is 294 g/mol. The number of aliphatic hydroxyl groups is 4. The number of carbonyl (C=O) groups excluding carboxylic acids is 1. The number of aromatic nitrogens is 1. The van der Waals surface area contributed by atoms with E-state index in [0.29, 0.717) is 10.9 Å². The summed E-state index contributed by atoms with van der Waals surface area (Å²) in [6.45, 7) is 0. The lowest BCUT2D eigenvalue weighted by Crippen LogP contribution is -2.50. The van der Waals surface area contributed by atoms with Gasteiger partial charge in [0.2, 0.25) is 5.78 Å². The van der Waals surface area contributed by atoms with E-state index in [-0.39, 0.29) is 5.69 Å². The number of para-hydroxylation sites is 1. The Labute approximate surface area is 124 Å². The smallest absolute Gasteiger partial charge is 0.335 e. The number of hydrogen-bond donors (Lipinski definition) is 6. The Morgan fingerprint density at radius 1 is 0.955 bits per heavy atom. The summed E-state index contributed by atoms with van der Waals surface area (Å²) >= 11 is 0. The van der Waals surface area contributed by atoms with Crippen LogP contribution in [0.4, 0.5) is 0 Å². The highest BCUT2D eigenvalue weighted by atomic mass is 16.4. The monoisotopic (exact) mass is 309 g/mol. The summed E-state index contributed by atoms with van der Waals surface area (Å²) in [5, 5.41) is 47.3. The molecule has 0 spiro atoms. The number of aliphatic carboxylic acids is 1. The maximum absolute atomic E-state index is 12.1. The van der Waals surface area contributed by atoms with Gasteiger partial charge in [-0.1, -0.05) is 18.2 Å². The zero-order valence-corrected chi connectivity index (χ0v) is 11.2. The zero-order valence-electron chi connectivity index (χ0n) is 11.2. The van der Waals surface area contributed by atoms with E-state index in [9.17, 15) is 24.9 Å². The first-order chi connectivity index (χ1) is 10.3. The molecule has 1 aromatic carbocycles. The van der Waals surface area contributed by atoms with Gasteiger partial charge in [-0.25, -0.2) is 4.79 Å². The molecule has 0 fully saturated rings. The van der Waals surface area contributed by atoms with Crippen molar-refractivity contribution in [2.75, 3.05) is 0 Å². The van der Waals surface area contributed by atoms with Crippen LogP contribution in [-0.2, 0) is 4.79 Å². The third-order valence-corrected chi connectivity index (χ3v) is 3.31. The van der Waals surface area contributed by atoms with E-state index >= 15 is 0 Å². The van der Waals surface area contributed by atoms with Crippen molar-refractivity contribution >= 4 is 22.7 Å². The van der Waals surface area contributed by atoms with E-state index in [1.807, 2.05) is 0 Å². The van der Waals surface area contributed by atoms with Gasteiger partial charge < -0.3 is 30.5 Å². The van der Waals surface area contributed by atoms with Crippen molar-refractivity contribution in [3.8, 4) is 0 Å². The first-order valence-corrected chi connectivity index (χ1v) is 6.40. The molecule has 2 rings (SSSR count). The van der Waals surface area contributed by atoms with Gasteiger partial charge in [0, 0.05) is 10.9 Å². The van der Waals surface area contributed by atoms with Crippen LogP contribution in [0.3, 0.4) is 0 Å². The summed E-state index contributed by atoms with van der Waals surface area (Å²) in [5.41, 5.74) is 0.628. The number of aliphatic hydroxyl groups excluding tert-OH is 4. The van der Waals surface area contributed by atoms with E-state index in [4.69, 9.17) is 10.2 Å². The third kappa shape index (κ3) is 3.00. The van der Waals surface area contributed by atoms with Crippen molar-refractivity contribution in [2.45, 2.75) is 24.4 Å².